The third-order valence-corrected chi connectivity index (χ3v) is 5.18. The molecule has 6 nitrogen and oxygen atoms in total. The minimum absolute atomic E-state index is 0.131. The highest BCUT2D eigenvalue weighted by Gasteiger charge is 2.54. The fourth-order valence-electron chi connectivity index (χ4n) is 3.67. The first-order valence-electron chi connectivity index (χ1n) is 9.45. The van der Waals surface area contributed by atoms with Gasteiger partial charge in [0.15, 0.2) is 5.78 Å². The van der Waals surface area contributed by atoms with Crippen molar-refractivity contribution in [3.8, 4) is 5.75 Å². The summed E-state index contributed by atoms with van der Waals surface area (Å²) in [5.41, 5.74) is 0.976. The number of carbonyl (C=O) groups is 3. The van der Waals surface area contributed by atoms with Crippen molar-refractivity contribution in [1.82, 2.24) is 0 Å². The molecular weight excluding hydrogens is 370 g/mol. The number of carbonyl (C=O) groups excluding carboxylic acids is 3. The first-order chi connectivity index (χ1) is 13.7. The average Bonchev–Trinajstić information content (AvgIpc) is 2.97. The van der Waals surface area contributed by atoms with Crippen LogP contribution < -0.4 is 9.64 Å². The average molecular weight is 395 g/mol. The maximum absolute atomic E-state index is 13.2. The summed E-state index contributed by atoms with van der Waals surface area (Å²) in [5, 5.41) is 9.29. The molecule has 2 unspecified atom stereocenters. The summed E-state index contributed by atoms with van der Waals surface area (Å²) in [5.74, 6) is -2.35. The molecule has 3 rings (SSSR count). The molecule has 1 amide bonds. The van der Waals surface area contributed by atoms with Gasteiger partial charge in [0.2, 0.25) is 5.78 Å². The minimum Gasteiger partial charge on any atom is -0.496 e. The number of Topliss-reactive ketones (excluding diaryl/α,β-unsaturated/α-hetero) is 2. The monoisotopic (exact) mass is 395 g/mol. The predicted octanol–water partition coefficient (Wildman–Crippen LogP) is 3.08. The summed E-state index contributed by atoms with van der Waals surface area (Å²) in [4.78, 5) is 40.6. The van der Waals surface area contributed by atoms with E-state index in [9.17, 15) is 19.5 Å². The highest BCUT2D eigenvalue weighted by atomic mass is 16.5. The Morgan fingerprint density at radius 3 is 2.24 bits per heavy atom. The van der Waals surface area contributed by atoms with Crippen LogP contribution in [0.25, 0.3) is 0 Å². The van der Waals surface area contributed by atoms with Gasteiger partial charge in [-0.25, -0.2) is 0 Å². The van der Waals surface area contributed by atoms with E-state index in [2.05, 4.69) is 0 Å². The number of amides is 1. The molecule has 0 radical (unpaired) electrons. The zero-order valence-electron chi connectivity index (χ0n) is 17.0. The van der Waals surface area contributed by atoms with Gasteiger partial charge in [-0.05, 0) is 23.8 Å². The molecule has 0 spiro atoms. The maximum atomic E-state index is 13.2. The number of ketones is 2. The molecule has 2 aromatic carbocycles. The summed E-state index contributed by atoms with van der Waals surface area (Å²) in [7, 11) is 1.51. The molecule has 0 saturated carbocycles. The Kier molecular flexibility index (Phi) is 5.57. The lowest BCUT2D eigenvalue weighted by atomic mass is 9.77. The molecule has 2 atom stereocenters. The maximum Gasteiger partial charge on any atom is 0.295 e. The minimum atomic E-state index is -1.13. The highest BCUT2D eigenvalue weighted by Crippen LogP contribution is 2.45. The molecule has 1 aliphatic heterocycles. The molecule has 1 heterocycles. The normalized spacial score (nSPS) is 19.6. The predicted molar refractivity (Wildman–Crippen MR) is 109 cm³/mol. The van der Waals surface area contributed by atoms with Gasteiger partial charge >= 0.3 is 0 Å². The molecule has 1 N–H and O–H groups in total. The van der Waals surface area contributed by atoms with Crippen LogP contribution in [0.15, 0.2) is 48.5 Å². The van der Waals surface area contributed by atoms with Gasteiger partial charge in [0.05, 0.1) is 19.8 Å². The third kappa shape index (κ3) is 3.68. The lowest BCUT2D eigenvalue weighted by Gasteiger charge is -2.30. The standard InChI is InChI=1S/C23H25NO5/c1-23(2,3)21(27)18-19(16-7-5-6-8-17(16)29-4)24(22(28)20(18)26)15-11-9-14(13-25)10-12-15/h5-12,18-19,25H,13H2,1-4H3. The number of ether oxygens (including phenoxy) is 1. The lowest BCUT2D eigenvalue weighted by Crippen LogP contribution is -2.36. The number of aliphatic hydroxyl groups is 1. The number of aliphatic hydroxyl groups excluding tert-OH is 1. The number of methoxy groups -OCH3 is 1. The fraction of sp³-hybridized carbons (Fsp3) is 0.348. The van der Waals surface area contributed by atoms with Crippen LogP contribution in [0.4, 0.5) is 5.69 Å². The van der Waals surface area contributed by atoms with E-state index in [0.717, 1.165) is 0 Å². The van der Waals surface area contributed by atoms with Crippen molar-refractivity contribution < 1.29 is 24.2 Å². The van der Waals surface area contributed by atoms with E-state index in [0.29, 0.717) is 22.6 Å². The van der Waals surface area contributed by atoms with Crippen LogP contribution in [0.2, 0.25) is 0 Å². The summed E-state index contributed by atoms with van der Waals surface area (Å²) in [6.45, 7) is 5.09. The SMILES string of the molecule is COc1ccccc1C1C(C(=O)C(C)(C)C)C(=O)C(=O)N1c1ccc(CO)cc1. The van der Waals surface area contributed by atoms with Gasteiger partial charge in [-0.1, -0.05) is 51.1 Å². The lowest BCUT2D eigenvalue weighted by molar-refractivity contribution is -0.141. The Labute approximate surface area is 170 Å². The molecule has 2 aromatic rings. The van der Waals surface area contributed by atoms with Crippen molar-refractivity contribution in [2.75, 3.05) is 12.0 Å². The molecule has 0 aliphatic carbocycles. The van der Waals surface area contributed by atoms with Crippen LogP contribution in [0.3, 0.4) is 0 Å². The number of benzene rings is 2. The van der Waals surface area contributed by atoms with Crippen molar-refractivity contribution in [2.24, 2.45) is 11.3 Å². The van der Waals surface area contributed by atoms with Crippen LogP contribution in [-0.4, -0.2) is 29.7 Å². The van der Waals surface area contributed by atoms with E-state index in [1.807, 2.05) is 0 Å². The van der Waals surface area contributed by atoms with Crippen molar-refractivity contribution in [2.45, 2.75) is 33.4 Å². The van der Waals surface area contributed by atoms with Crippen LogP contribution in [0.5, 0.6) is 5.75 Å². The summed E-state index contributed by atoms with van der Waals surface area (Å²) < 4.78 is 5.47. The number of anilines is 1. The second kappa shape index (κ2) is 7.79. The van der Waals surface area contributed by atoms with Gasteiger partial charge in [-0.2, -0.15) is 0 Å². The number of hydrogen-bond donors (Lipinski definition) is 1. The molecule has 1 aliphatic rings. The zero-order chi connectivity index (χ0) is 21.3. The summed E-state index contributed by atoms with van der Waals surface area (Å²) in [6.07, 6.45) is 0. The molecule has 6 heteroatoms. The molecule has 29 heavy (non-hydrogen) atoms. The molecular formula is C23H25NO5. The van der Waals surface area contributed by atoms with Gasteiger partial charge in [0.1, 0.15) is 11.7 Å². The molecule has 1 saturated heterocycles. The van der Waals surface area contributed by atoms with Crippen LogP contribution >= 0.6 is 0 Å². The van der Waals surface area contributed by atoms with Gasteiger partial charge in [0, 0.05) is 16.7 Å². The van der Waals surface area contributed by atoms with Gasteiger partial charge < -0.3 is 9.84 Å². The topological polar surface area (TPSA) is 83.9 Å². The fourth-order valence-corrected chi connectivity index (χ4v) is 3.67. The van der Waals surface area contributed by atoms with Crippen LogP contribution in [-0.2, 0) is 21.0 Å². The quantitative estimate of drug-likeness (QED) is 0.621. The third-order valence-electron chi connectivity index (χ3n) is 5.18. The van der Waals surface area contributed by atoms with Gasteiger partial charge in [-0.15, -0.1) is 0 Å². The Balaban J connectivity index is 2.20. The van der Waals surface area contributed by atoms with Crippen molar-refractivity contribution in [3.05, 3.63) is 59.7 Å². The van der Waals surface area contributed by atoms with E-state index >= 15 is 0 Å². The van der Waals surface area contributed by atoms with Crippen molar-refractivity contribution in [1.29, 1.82) is 0 Å². The van der Waals surface area contributed by atoms with Crippen LogP contribution in [0, 0.1) is 11.3 Å². The highest BCUT2D eigenvalue weighted by molar-refractivity contribution is 6.48. The number of hydrogen-bond acceptors (Lipinski definition) is 5. The molecule has 0 bridgehead atoms. The smallest absolute Gasteiger partial charge is 0.295 e. The number of nitrogens with zero attached hydrogens (tertiary/aromatic N) is 1. The largest absolute Gasteiger partial charge is 0.496 e. The van der Waals surface area contributed by atoms with Crippen LogP contribution in [0.1, 0.15) is 37.9 Å². The Hall–Kier alpha value is -2.99. The molecule has 0 aromatic heterocycles. The first kappa shape index (κ1) is 20.7. The van der Waals surface area contributed by atoms with E-state index in [1.54, 1.807) is 69.3 Å². The Morgan fingerprint density at radius 1 is 1.07 bits per heavy atom. The number of para-hydroxylation sites is 1. The van der Waals surface area contributed by atoms with E-state index in [4.69, 9.17) is 4.74 Å². The second-order valence-electron chi connectivity index (χ2n) is 8.14. The molecule has 1 fully saturated rings. The summed E-state index contributed by atoms with van der Waals surface area (Å²) in [6, 6.07) is 13.0. The molecule has 152 valence electrons. The summed E-state index contributed by atoms with van der Waals surface area (Å²) >= 11 is 0. The van der Waals surface area contributed by atoms with Gasteiger partial charge in [-0.3, -0.25) is 19.3 Å². The van der Waals surface area contributed by atoms with E-state index in [1.165, 1.54) is 12.0 Å². The Bertz CT molecular complexity index is 942. The number of rotatable bonds is 5. The van der Waals surface area contributed by atoms with Crippen molar-refractivity contribution in [3.63, 3.8) is 0 Å². The van der Waals surface area contributed by atoms with Gasteiger partial charge in [0.25, 0.3) is 5.91 Å². The first-order valence-corrected chi connectivity index (χ1v) is 9.45. The van der Waals surface area contributed by atoms with E-state index in [-0.39, 0.29) is 12.4 Å². The Morgan fingerprint density at radius 2 is 1.69 bits per heavy atom. The van der Waals surface area contributed by atoms with E-state index < -0.39 is 29.1 Å². The van der Waals surface area contributed by atoms with Crippen molar-refractivity contribution >= 4 is 23.2 Å². The zero-order valence-corrected chi connectivity index (χ0v) is 17.0. The second-order valence-corrected chi connectivity index (χ2v) is 8.14.